The number of amides is 1. The molecule has 1 unspecified atom stereocenters. The SMILES string of the molecule is CCCNCCNC(=O)CC(C)c1cccc(F)c1. The Balaban J connectivity index is 2.28. The van der Waals surface area contributed by atoms with Gasteiger partial charge in [-0.2, -0.15) is 0 Å². The van der Waals surface area contributed by atoms with Crippen LogP contribution in [0.5, 0.6) is 0 Å². The van der Waals surface area contributed by atoms with Gasteiger partial charge < -0.3 is 10.6 Å². The van der Waals surface area contributed by atoms with Crippen LogP contribution in [0.1, 0.15) is 38.2 Å². The van der Waals surface area contributed by atoms with Gasteiger partial charge in [0.1, 0.15) is 5.82 Å². The molecule has 0 bridgehead atoms. The fourth-order valence-corrected chi connectivity index (χ4v) is 1.87. The van der Waals surface area contributed by atoms with E-state index in [4.69, 9.17) is 0 Å². The summed E-state index contributed by atoms with van der Waals surface area (Å²) < 4.78 is 13.1. The highest BCUT2D eigenvalue weighted by Gasteiger charge is 2.11. The molecule has 0 aromatic heterocycles. The van der Waals surface area contributed by atoms with Crippen LogP contribution < -0.4 is 10.6 Å². The van der Waals surface area contributed by atoms with Crippen molar-refractivity contribution in [2.75, 3.05) is 19.6 Å². The summed E-state index contributed by atoms with van der Waals surface area (Å²) in [6, 6.07) is 6.42. The second kappa shape index (κ2) is 8.64. The summed E-state index contributed by atoms with van der Waals surface area (Å²) in [5, 5.41) is 6.08. The fourth-order valence-electron chi connectivity index (χ4n) is 1.87. The summed E-state index contributed by atoms with van der Waals surface area (Å²) in [4.78, 5) is 11.7. The molecule has 4 heteroatoms. The smallest absolute Gasteiger partial charge is 0.220 e. The van der Waals surface area contributed by atoms with E-state index in [1.54, 1.807) is 6.07 Å². The highest BCUT2D eigenvalue weighted by atomic mass is 19.1. The van der Waals surface area contributed by atoms with Gasteiger partial charge in [0.15, 0.2) is 0 Å². The number of hydrogen-bond acceptors (Lipinski definition) is 2. The molecule has 0 spiro atoms. The zero-order chi connectivity index (χ0) is 14.1. The van der Waals surface area contributed by atoms with Gasteiger partial charge in [-0.05, 0) is 36.6 Å². The Morgan fingerprint density at radius 2 is 2.11 bits per heavy atom. The number of carbonyl (C=O) groups is 1. The van der Waals surface area contributed by atoms with E-state index in [0.29, 0.717) is 13.0 Å². The first kappa shape index (κ1) is 15.6. The van der Waals surface area contributed by atoms with Crippen molar-refractivity contribution in [3.05, 3.63) is 35.6 Å². The lowest BCUT2D eigenvalue weighted by Gasteiger charge is -2.12. The summed E-state index contributed by atoms with van der Waals surface area (Å²) in [5.41, 5.74) is 0.860. The normalized spacial score (nSPS) is 12.2. The predicted octanol–water partition coefficient (Wildman–Crippen LogP) is 2.44. The summed E-state index contributed by atoms with van der Waals surface area (Å²) in [6.07, 6.45) is 1.47. The molecular formula is C15H23FN2O. The number of halogens is 1. The molecule has 1 aromatic rings. The maximum Gasteiger partial charge on any atom is 0.220 e. The second-order valence-corrected chi connectivity index (χ2v) is 4.76. The number of nitrogens with one attached hydrogen (secondary N) is 2. The number of hydrogen-bond donors (Lipinski definition) is 2. The maximum absolute atomic E-state index is 13.1. The standard InChI is InChI=1S/C15H23FN2O/c1-3-7-17-8-9-18-15(19)10-12(2)13-5-4-6-14(16)11-13/h4-6,11-12,17H,3,7-10H2,1-2H3,(H,18,19). The molecule has 1 rings (SSSR count). The van der Waals surface area contributed by atoms with Crippen molar-refractivity contribution in [1.82, 2.24) is 10.6 Å². The first-order chi connectivity index (χ1) is 9.13. The maximum atomic E-state index is 13.1. The van der Waals surface area contributed by atoms with E-state index in [9.17, 15) is 9.18 Å². The van der Waals surface area contributed by atoms with Gasteiger partial charge in [0, 0.05) is 19.5 Å². The van der Waals surface area contributed by atoms with E-state index >= 15 is 0 Å². The topological polar surface area (TPSA) is 41.1 Å². The molecule has 0 radical (unpaired) electrons. The van der Waals surface area contributed by atoms with Crippen LogP contribution in [0.3, 0.4) is 0 Å². The molecule has 0 fully saturated rings. The van der Waals surface area contributed by atoms with Crippen LogP contribution in [0, 0.1) is 5.82 Å². The van der Waals surface area contributed by atoms with Gasteiger partial charge >= 0.3 is 0 Å². The Kier molecular flexibility index (Phi) is 7.11. The Morgan fingerprint density at radius 3 is 2.79 bits per heavy atom. The van der Waals surface area contributed by atoms with Gasteiger partial charge in [-0.3, -0.25) is 4.79 Å². The molecule has 19 heavy (non-hydrogen) atoms. The van der Waals surface area contributed by atoms with Crippen LogP contribution in [0.2, 0.25) is 0 Å². The lowest BCUT2D eigenvalue weighted by Crippen LogP contribution is -2.32. The molecule has 3 nitrogen and oxygen atoms in total. The molecule has 0 aliphatic heterocycles. The van der Waals surface area contributed by atoms with Crippen LogP contribution in [0.4, 0.5) is 4.39 Å². The van der Waals surface area contributed by atoms with E-state index < -0.39 is 0 Å². The number of carbonyl (C=O) groups excluding carboxylic acids is 1. The Morgan fingerprint density at radius 1 is 1.32 bits per heavy atom. The van der Waals surface area contributed by atoms with Gasteiger partial charge in [0.2, 0.25) is 5.91 Å². The quantitative estimate of drug-likeness (QED) is 0.710. The van der Waals surface area contributed by atoms with Crippen LogP contribution in [0.15, 0.2) is 24.3 Å². The Hall–Kier alpha value is -1.42. The largest absolute Gasteiger partial charge is 0.355 e. The third-order valence-electron chi connectivity index (χ3n) is 2.96. The third-order valence-corrected chi connectivity index (χ3v) is 2.96. The molecule has 1 amide bonds. The zero-order valence-electron chi connectivity index (χ0n) is 11.7. The van der Waals surface area contributed by atoms with Gasteiger partial charge in [-0.1, -0.05) is 26.0 Å². The molecule has 0 saturated heterocycles. The average molecular weight is 266 g/mol. The van der Waals surface area contributed by atoms with E-state index in [1.165, 1.54) is 12.1 Å². The number of benzene rings is 1. The van der Waals surface area contributed by atoms with Crippen molar-refractivity contribution >= 4 is 5.91 Å². The van der Waals surface area contributed by atoms with Crippen LogP contribution >= 0.6 is 0 Å². The molecule has 0 aliphatic rings. The molecule has 1 aromatic carbocycles. The summed E-state index contributed by atoms with van der Waals surface area (Å²) in [7, 11) is 0. The van der Waals surface area contributed by atoms with Crippen molar-refractivity contribution in [3.8, 4) is 0 Å². The summed E-state index contributed by atoms with van der Waals surface area (Å²) in [6.45, 7) is 6.42. The molecule has 0 saturated carbocycles. The third kappa shape index (κ3) is 6.34. The van der Waals surface area contributed by atoms with Crippen molar-refractivity contribution in [3.63, 3.8) is 0 Å². The lowest BCUT2D eigenvalue weighted by molar-refractivity contribution is -0.121. The molecule has 0 heterocycles. The van der Waals surface area contributed by atoms with Crippen molar-refractivity contribution in [2.24, 2.45) is 0 Å². The van der Waals surface area contributed by atoms with Gasteiger partial charge in [-0.15, -0.1) is 0 Å². The Bertz CT molecular complexity index is 395. The fraction of sp³-hybridized carbons (Fsp3) is 0.533. The minimum atomic E-state index is -0.256. The van der Waals surface area contributed by atoms with Crippen molar-refractivity contribution < 1.29 is 9.18 Å². The molecule has 2 N–H and O–H groups in total. The predicted molar refractivity (Wildman–Crippen MR) is 75.6 cm³/mol. The zero-order valence-corrected chi connectivity index (χ0v) is 11.7. The van der Waals surface area contributed by atoms with Crippen molar-refractivity contribution in [2.45, 2.75) is 32.6 Å². The van der Waals surface area contributed by atoms with E-state index in [2.05, 4.69) is 17.6 Å². The van der Waals surface area contributed by atoms with E-state index in [1.807, 2.05) is 13.0 Å². The minimum absolute atomic E-state index is 0.00931. The van der Waals surface area contributed by atoms with E-state index in [0.717, 1.165) is 25.1 Å². The second-order valence-electron chi connectivity index (χ2n) is 4.76. The average Bonchev–Trinajstić information content (AvgIpc) is 2.38. The summed E-state index contributed by atoms with van der Waals surface area (Å²) >= 11 is 0. The monoisotopic (exact) mass is 266 g/mol. The lowest BCUT2D eigenvalue weighted by atomic mass is 9.97. The van der Waals surface area contributed by atoms with Gasteiger partial charge in [0.25, 0.3) is 0 Å². The van der Waals surface area contributed by atoms with Crippen LogP contribution in [-0.4, -0.2) is 25.5 Å². The molecule has 106 valence electrons. The van der Waals surface area contributed by atoms with E-state index in [-0.39, 0.29) is 17.6 Å². The van der Waals surface area contributed by atoms with Crippen molar-refractivity contribution in [1.29, 1.82) is 0 Å². The minimum Gasteiger partial charge on any atom is -0.355 e. The highest BCUT2D eigenvalue weighted by Crippen LogP contribution is 2.19. The highest BCUT2D eigenvalue weighted by molar-refractivity contribution is 5.76. The summed E-state index contributed by atoms with van der Waals surface area (Å²) in [5.74, 6) is -0.220. The molecule has 1 atom stereocenters. The first-order valence-electron chi connectivity index (χ1n) is 6.86. The molecular weight excluding hydrogens is 243 g/mol. The van der Waals surface area contributed by atoms with Crippen LogP contribution in [0.25, 0.3) is 0 Å². The van der Waals surface area contributed by atoms with Gasteiger partial charge in [-0.25, -0.2) is 4.39 Å². The number of rotatable bonds is 8. The van der Waals surface area contributed by atoms with Crippen LogP contribution in [-0.2, 0) is 4.79 Å². The van der Waals surface area contributed by atoms with Gasteiger partial charge in [0.05, 0.1) is 0 Å². The molecule has 0 aliphatic carbocycles. The Labute approximate surface area is 114 Å². The first-order valence-corrected chi connectivity index (χ1v) is 6.86.